The normalized spacial score (nSPS) is 14.5. The average molecular weight is 434 g/mol. The van der Waals surface area contributed by atoms with Crippen molar-refractivity contribution in [3.8, 4) is 16.9 Å². The fraction of sp³-hybridized carbons (Fsp3) is 0.333. The van der Waals surface area contributed by atoms with Crippen LogP contribution in [0.1, 0.15) is 11.1 Å². The van der Waals surface area contributed by atoms with E-state index in [1.54, 1.807) is 0 Å². The van der Waals surface area contributed by atoms with Crippen molar-refractivity contribution in [1.29, 1.82) is 0 Å². The van der Waals surface area contributed by atoms with Gasteiger partial charge in [-0.05, 0) is 46.6 Å². The minimum atomic E-state index is 0.718. The van der Waals surface area contributed by atoms with Gasteiger partial charge >= 0.3 is 0 Å². The first-order valence-electron chi connectivity index (χ1n) is 11.1. The molecule has 31 heavy (non-hydrogen) atoms. The van der Waals surface area contributed by atoms with Crippen molar-refractivity contribution in [3.63, 3.8) is 0 Å². The van der Waals surface area contributed by atoms with Crippen LogP contribution in [0, 0.1) is 0 Å². The molecule has 0 radical (unpaired) electrons. The van der Waals surface area contributed by atoms with Gasteiger partial charge in [0, 0.05) is 25.4 Å². The number of nitrogens with zero attached hydrogens (tertiary/aromatic N) is 1. The Morgan fingerprint density at radius 1 is 0.774 bits per heavy atom. The van der Waals surface area contributed by atoms with Crippen LogP contribution < -0.4 is 4.74 Å². The maximum atomic E-state index is 5.92. The molecule has 0 aromatic heterocycles. The molecule has 0 N–H and O–H groups in total. The summed E-state index contributed by atoms with van der Waals surface area (Å²) >= 11 is 2.00. The van der Waals surface area contributed by atoms with Gasteiger partial charge < -0.3 is 9.47 Å². The van der Waals surface area contributed by atoms with Crippen LogP contribution in [0.4, 0.5) is 0 Å². The predicted molar refractivity (Wildman–Crippen MR) is 131 cm³/mol. The van der Waals surface area contributed by atoms with E-state index in [1.165, 1.54) is 22.3 Å². The van der Waals surface area contributed by atoms with E-state index in [0.717, 1.165) is 63.1 Å². The van der Waals surface area contributed by atoms with E-state index in [0.29, 0.717) is 0 Å². The summed E-state index contributed by atoms with van der Waals surface area (Å²) in [6, 6.07) is 28.1. The summed E-state index contributed by atoms with van der Waals surface area (Å²) in [5, 5.41) is 0. The smallest absolute Gasteiger partial charge is 0.119 e. The summed E-state index contributed by atoms with van der Waals surface area (Å²) < 4.78 is 11.3. The molecule has 1 saturated heterocycles. The lowest BCUT2D eigenvalue weighted by Gasteiger charge is -2.26. The third-order valence-electron chi connectivity index (χ3n) is 5.57. The summed E-state index contributed by atoms with van der Waals surface area (Å²) in [5.74, 6) is 3.14. The first kappa shape index (κ1) is 21.9. The third kappa shape index (κ3) is 7.13. The Morgan fingerprint density at radius 3 is 2.16 bits per heavy atom. The van der Waals surface area contributed by atoms with Crippen molar-refractivity contribution in [2.75, 3.05) is 45.2 Å². The monoisotopic (exact) mass is 433 g/mol. The topological polar surface area (TPSA) is 21.7 Å². The van der Waals surface area contributed by atoms with Crippen molar-refractivity contribution in [3.05, 3.63) is 90.0 Å². The van der Waals surface area contributed by atoms with E-state index < -0.39 is 0 Å². The van der Waals surface area contributed by atoms with Gasteiger partial charge in [0.1, 0.15) is 12.4 Å². The average Bonchev–Trinajstić information content (AvgIpc) is 2.84. The van der Waals surface area contributed by atoms with Crippen molar-refractivity contribution >= 4 is 11.8 Å². The summed E-state index contributed by atoms with van der Waals surface area (Å²) in [5.41, 5.74) is 5.27. The number of rotatable bonds is 10. The molecule has 0 atom stereocenters. The standard InChI is InChI=1S/C27H31NO2S/c1-2-4-23(5-3-1)14-21-31-22-24-6-8-25(9-7-24)26-10-12-27(13-11-26)30-20-17-28-15-18-29-19-16-28/h1-13H,14-22H2. The zero-order valence-corrected chi connectivity index (χ0v) is 18.9. The molecule has 1 aliphatic heterocycles. The molecule has 0 saturated carbocycles. The Kier molecular flexibility index (Phi) is 8.45. The molecule has 4 rings (SSSR count). The lowest BCUT2D eigenvalue weighted by molar-refractivity contribution is 0.0322. The van der Waals surface area contributed by atoms with Crippen LogP contribution in [0.5, 0.6) is 5.75 Å². The number of ether oxygens (including phenoxy) is 2. The fourth-order valence-corrected chi connectivity index (χ4v) is 4.63. The molecule has 4 heteroatoms. The SMILES string of the molecule is c1ccc(CCSCc2ccc(-c3ccc(OCCN4CCOCC4)cc3)cc2)cc1. The Bertz CT molecular complexity index is 891. The quantitative estimate of drug-likeness (QED) is 0.391. The van der Waals surface area contributed by atoms with Crippen molar-refractivity contribution in [2.45, 2.75) is 12.2 Å². The lowest BCUT2D eigenvalue weighted by atomic mass is 10.0. The van der Waals surface area contributed by atoms with Crippen LogP contribution in [0.15, 0.2) is 78.9 Å². The van der Waals surface area contributed by atoms with Crippen molar-refractivity contribution in [2.24, 2.45) is 0 Å². The molecular weight excluding hydrogens is 402 g/mol. The van der Waals surface area contributed by atoms with Crippen molar-refractivity contribution in [1.82, 2.24) is 4.90 Å². The molecule has 0 aliphatic carbocycles. The number of morpholine rings is 1. The van der Waals surface area contributed by atoms with Crippen LogP contribution in [0.25, 0.3) is 11.1 Å². The Balaban J connectivity index is 1.20. The molecule has 0 unspecified atom stereocenters. The highest BCUT2D eigenvalue weighted by molar-refractivity contribution is 7.98. The predicted octanol–water partition coefficient (Wildman–Crippen LogP) is 5.54. The Morgan fingerprint density at radius 2 is 1.45 bits per heavy atom. The van der Waals surface area contributed by atoms with Gasteiger partial charge in [0.25, 0.3) is 0 Å². The maximum Gasteiger partial charge on any atom is 0.119 e. The molecule has 0 spiro atoms. The van der Waals surface area contributed by atoms with Gasteiger partial charge in [0.05, 0.1) is 13.2 Å². The van der Waals surface area contributed by atoms with Crippen LogP contribution in [-0.4, -0.2) is 50.1 Å². The van der Waals surface area contributed by atoms with E-state index in [-0.39, 0.29) is 0 Å². The van der Waals surface area contributed by atoms with E-state index in [9.17, 15) is 0 Å². The van der Waals surface area contributed by atoms with Crippen molar-refractivity contribution < 1.29 is 9.47 Å². The van der Waals surface area contributed by atoms with Gasteiger partial charge in [0.2, 0.25) is 0 Å². The van der Waals surface area contributed by atoms with Gasteiger partial charge in [-0.2, -0.15) is 11.8 Å². The van der Waals surface area contributed by atoms with E-state index in [1.807, 2.05) is 11.8 Å². The van der Waals surface area contributed by atoms with Gasteiger partial charge in [-0.15, -0.1) is 0 Å². The van der Waals surface area contributed by atoms with Gasteiger partial charge in [0.15, 0.2) is 0 Å². The van der Waals surface area contributed by atoms with E-state index >= 15 is 0 Å². The number of hydrogen-bond acceptors (Lipinski definition) is 4. The van der Waals surface area contributed by atoms with Crippen LogP contribution in [0.3, 0.4) is 0 Å². The largest absolute Gasteiger partial charge is 0.492 e. The summed E-state index contributed by atoms with van der Waals surface area (Å²) in [6.45, 7) is 5.35. The highest BCUT2D eigenvalue weighted by atomic mass is 32.2. The Labute approximate surface area is 190 Å². The Hall–Kier alpha value is -2.27. The highest BCUT2D eigenvalue weighted by Crippen LogP contribution is 2.24. The molecule has 0 amide bonds. The second-order valence-corrected chi connectivity index (χ2v) is 8.92. The first-order chi connectivity index (χ1) is 15.4. The molecule has 3 aromatic carbocycles. The number of aryl methyl sites for hydroxylation is 1. The number of thioether (sulfide) groups is 1. The minimum absolute atomic E-state index is 0.718. The molecule has 3 nitrogen and oxygen atoms in total. The molecule has 1 fully saturated rings. The fourth-order valence-electron chi connectivity index (χ4n) is 3.68. The van der Waals surface area contributed by atoms with Gasteiger partial charge in [-0.25, -0.2) is 0 Å². The number of benzene rings is 3. The van der Waals surface area contributed by atoms with Gasteiger partial charge in [-0.3, -0.25) is 4.90 Å². The molecule has 162 valence electrons. The lowest BCUT2D eigenvalue weighted by Crippen LogP contribution is -2.38. The third-order valence-corrected chi connectivity index (χ3v) is 6.60. The summed E-state index contributed by atoms with van der Waals surface area (Å²) in [4.78, 5) is 2.39. The van der Waals surface area contributed by atoms with Crippen LogP contribution >= 0.6 is 11.8 Å². The first-order valence-corrected chi connectivity index (χ1v) is 12.3. The zero-order chi connectivity index (χ0) is 21.1. The molecular formula is C27H31NO2S. The minimum Gasteiger partial charge on any atom is -0.492 e. The zero-order valence-electron chi connectivity index (χ0n) is 18.0. The number of hydrogen-bond donors (Lipinski definition) is 0. The highest BCUT2D eigenvalue weighted by Gasteiger charge is 2.09. The molecule has 1 aliphatic rings. The molecule has 3 aromatic rings. The second kappa shape index (κ2) is 11.9. The van der Waals surface area contributed by atoms with E-state index in [2.05, 4.69) is 83.8 Å². The maximum absolute atomic E-state index is 5.92. The molecule has 0 bridgehead atoms. The van der Waals surface area contributed by atoms with Crippen LogP contribution in [-0.2, 0) is 16.9 Å². The summed E-state index contributed by atoms with van der Waals surface area (Å²) in [7, 11) is 0. The molecule has 1 heterocycles. The van der Waals surface area contributed by atoms with Gasteiger partial charge in [-0.1, -0.05) is 66.7 Å². The second-order valence-electron chi connectivity index (χ2n) is 7.81. The summed E-state index contributed by atoms with van der Waals surface area (Å²) in [6.07, 6.45) is 1.13. The van der Waals surface area contributed by atoms with E-state index in [4.69, 9.17) is 9.47 Å². The van der Waals surface area contributed by atoms with Crippen LogP contribution in [0.2, 0.25) is 0 Å².